The van der Waals surface area contributed by atoms with Gasteiger partial charge in [-0.2, -0.15) is 0 Å². The zero-order valence-electron chi connectivity index (χ0n) is 9.14. The van der Waals surface area contributed by atoms with Gasteiger partial charge in [0.2, 0.25) is 0 Å². The van der Waals surface area contributed by atoms with Crippen molar-refractivity contribution in [3.8, 4) is 0 Å². The summed E-state index contributed by atoms with van der Waals surface area (Å²) in [5.41, 5.74) is 0.800. The largest absolute Gasteiger partial charge is 0.478 e. The number of urea groups is 1. The maximum atomic E-state index is 11.8. The van der Waals surface area contributed by atoms with Crippen molar-refractivity contribution in [1.29, 1.82) is 0 Å². The van der Waals surface area contributed by atoms with Gasteiger partial charge in [-0.1, -0.05) is 6.07 Å². The summed E-state index contributed by atoms with van der Waals surface area (Å²) in [7, 11) is 0. The van der Waals surface area contributed by atoms with Crippen LogP contribution in [0.4, 0.5) is 10.5 Å². The molecule has 5 nitrogen and oxygen atoms in total. The number of nitrogens with zero attached hydrogens (tertiary/aromatic N) is 1. The number of amides is 2. The molecule has 2 aliphatic rings. The van der Waals surface area contributed by atoms with E-state index < -0.39 is 5.97 Å². The molecule has 1 heterocycles. The highest BCUT2D eigenvalue weighted by Gasteiger charge is 2.51. The van der Waals surface area contributed by atoms with E-state index in [1.165, 1.54) is 12.1 Å². The van der Waals surface area contributed by atoms with E-state index in [0.717, 1.165) is 12.8 Å². The average Bonchev–Trinajstić information content (AvgIpc) is 2.96. The average molecular weight is 232 g/mol. The smallest absolute Gasteiger partial charge is 0.335 e. The first kappa shape index (κ1) is 10.1. The number of carboxylic acids is 1. The van der Waals surface area contributed by atoms with E-state index in [2.05, 4.69) is 5.32 Å². The van der Waals surface area contributed by atoms with Crippen LogP contribution < -0.4 is 10.2 Å². The molecule has 1 saturated carbocycles. The Balaban J connectivity index is 1.91. The summed E-state index contributed by atoms with van der Waals surface area (Å²) >= 11 is 0. The Hall–Kier alpha value is -2.04. The Morgan fingerprint density at radius 3 is 2.76 bits per heavy atom. The lowest BCUT2D eigenvalue weighted by Crippen LogP contribution is -2.29. The van der Waals surface area contributed by atoms with Crippen LogP contribution in [0.1, 0.15) is 23.2 Å². The lowest BCUT2D eigenvalue weighted by molar-refractivity contribution is 0.0697. The first-order valence-corrected chi connectivity index (χ1v) is 5.53. The fourth-order valence-electron chi connectivity index (χ4n) is 2.16. The zero-order chi connectivity index (χ0) is 12.0. The minimum Gasteiger partial charge on any atom is -0.478 e. The maximum Gasteiger partial charge on any atom is 0.335 e. The second-order valence-electron chi connectivity index (χ2n) is 4.65. The van der Waals surface area contributed by atoms with Crippen molar-refractivity contribution in [2.45, 2.75) is 18.4 Å². The molecule has 2 fully saturated rings. The van der Waals surface area contributed by atoms with E-state index in [4.69, 9.17) is 5.11 Å². The number of carboxylic acid groups (broad SMARTS) is 1. The quantitative estimate of drug-likeness (QED) is 0.810. The number of carbonyl (C=O) groups is 2. The predicted molar refractivity (Wildman–Crippen MR) is 61.2 cm³/mol. The molecule has 0 unspecified atom stereocenters. The summed E-state index contributed by atoms with van der Waals surface area (Å²) in [5, 5.41) is 11.9. The van der Waals surface area contributed by atoms with Gasteiger partial charge in [-0.05, 0) is 31.0 Å². The zero-order valence-corrected chi connectivity index (χ0v) is 9.14. The van der Waals surface area contributed by atoms with Crippen LogP contribution in [-0.2, 0) is 0 Å². The third-order valence-corrected chi connectivity index (χ3v) is 3.34. The molecular formula is C12H12N2O3. The molecule has 3 rings (SSSR count). The van der Waals surface area contributed by atoms with Crippen molar-refractivity contribution in [2.75, 3.05) is 11.4 Å². The molecule has 1 spiro atoms. The number of benzene rings is 1. The van der Waals surface area contributed by atoms with E-state index >= 15 is 0 Å². The molecule has 1 aliphatic heterocycles. The van der Waals surface area contributed by atoms with Gasteiger partial charge in [-0.15, -0.1) is 0 Å². The molecular weight excluding hydrogens is 220 g/mol. The second-order valence-corrected chi connectivity index (χ2v) is 4.65. The van der Waals surface area contributed by atoms with Gasteiger partial charge in [0.25, 0.3) is 0 Å². The Morgan fingerprint density at radius 1 is 1.41 bits per heavy atom. The predicted octanol–water partition coefficient (Wildman–Crippen LogP) is 1.45. The molecule has 1 aliphatic carbocycles. The summed E-state index contributed by atoms with van der Waals surface area (Å²) in [6.45, 7) is 0.634. The van der Waals surface area contributed by atoms with E-state index in [-0.39, 0.29) is 17.1 Å². The van der Waals surface area contributed by atoms with Crippen molar-refractivity contribution >= 4 is 17.7 Å². The number of anilines is 1. The van der Waals surface area contributed by atoms with E-state index in [1.54, 1.807) is 17.0 Å². The number of rotatable bonds is 2. The first-order chi connectivity index (χ1) is 8.10. The molecule has 88 valence electrons. The van der Waals surface area contributed by atoms with Crippen molar-refractivity contribution in [1.82, 2.24) is 5.32 Å². The van der Waals surface area contributed by atoms with Gasteiger partial charge in [0.05, 0.1) is 17.6 Å². The monoisotopic (exact) mass is 232 g/mol. The van der Waals surface area contributed by atoms with Crippen molar-refractivity contribution in [3.63, 3.8) is 0 Å². The summed E-state index contributed by atoms with van der Waals surface area (Å²) in [4.78, 5) is 24.3. The van der Waals surface area contributed by atoms with Crippen molar-refractivity contribution < 1.29 is 14.7 Å². The van der Waals surface area contributed by atoms with Crippen LogP contribution in [-0.4, -0.2) is 29.2 Å². The molecule has 0 atom stereocenters. The summed E-state index contributed by atoms with van der Waals surface area (Å²) in [6, 6.07) is 6.33. The first-order valence-electron chi connectivity index (χ1n) is 5.53. The second kappa shape index (κ2) is 3.23. The Morgan fingerprint density at radius 2 is 2.18 bits per heavy atom. The molecule has 0 radical (unpaired) electrons. The topological polar surface area (TPSA) is 69.6 Å². The Bertz CT molecular complexity index is 508. The summed E-state index contributed by atoms with van der Waals surface area (Å²) < 4.78 is 0. The number of hydrogen-bond acceptors (Lipinski definition) is 2. The van der Waals surface area contributed by atoms with Gasteiger partial charge >= 0.3 is 12.0 Å². The van der Waals surface area contributed by atoms with Gasteiger partial charge in [0.1, 0.15) is 0 Å². The molecule has 0 bridgehead atoms. The molecule has 2 amide bonds. The molecule has 0 aromatic heterocycles. The van der Waals surface area contributed by atoms with Crippen LogP contribution in [0.3, 0.4) is 0 Å². The minimum absolute atomic E-state index is 0.0453. The van der Waals surface area contributed by atoms with Crippen LogP contribution in [0.5, 0.6) is 0 Å². The highest BCUT2D eigenvalue weighted by molar-refractivity contribution is 5.97. The fourth-order valence-corrected chi connectivity index (χ4v) is 2.16. The molecule has 2 N–H and O–H groups in total. The molecule has 1 aromatic carbocycles. The Labute approximate surface area is 98.0 Å². The molecule has 5 heteroatoms. The van der Waals surface area contributed by atoms with Crippen LogP contribution >= 0.6 is 0 Å². The number of aromatic carboxylic acids is 1. The van der Waals surface area contributed by atoms with Crippen molar-refractivity contribution in [2.24, 2.45) is 0 Å². The van der Waals surface area contributed by atoms with Crippen LogP contribution in [0.25, 0.3) is 0 Å². The maximum absolute atomic E-state index is 11.8. The summed E-state index contributed by atoms with van der Waals surface area (Å²) in [6.07, 6.45) is 2.02. The molecule has 1 saturated heterocycles. The minimum atomic E-state index is -0.979. The van der Waals surface area contributed by atoms with E-state index in [0.29, 0.717) is 12.2 Å². The Kier molecular flexibility index (Phi) is 1.92. The third kappa shape index (κ3) is 1.63. The lowest BCUT2D eigenvalue weighted by atomic mass is 10.2. The van der Waals surface area contributed by atoms with Crippen LogP contribution in [0.2, 0.25) is 0 Å². The van der Waals surface area contributed by atoms with E-state index in [1.807, 2.05) is 0 Å². The SMILES string of the molecule is O=C(O)c1cccc(N2CC3(CC3)NC2=O)c1. The van der Waals surface area contributed by atoms with Gasteiger partial charge in [0.15, 0.2) is 0 Å². The van der Waals surface area contributed by atoms with Crippen LogP contribution in [0, 0.1) is 0 Å². The molecule has 17 heavy (non-hydrogen) atoms. The normalized spacial score (nSPS) is 20.5. The molecule has 1 aromatic rings. The van der Waals surface area contributed by atoms with Crippen LogP contribution in [0.15, 0.2) is 24.3 Å². The lowest BCUT2D eigenvalue weighted by Gasteiger charge is -2.14. The van der Waals surface area contributed by atoms with Gasteiger partial charge in [-0.3, -0.25) is 4.90 Å². The number of hydrogen-bond donors (Lipinski definition) is 2. The number of nitrogens with one attached hydrogen (secondary N) is 1. The highest BCUT2D eigenvalue weighted by atomic mass is 16.4. The van der Waals surface area contributed by atoms with Gasteiger partial charge in [-0.25, -0.2) is 9.59 Å². The summed E-state index contributed by atoms with van der Waals surface area (Å²) in [5.74, 6) is -0.979. The number of carbonyl (C=O) groups excluding carboxylic acids is 1. The highest BCUT2D eigenvalue weighted by Crippen LogP contribution is 2.41. The van der Waals surface area contributed by atoms with Gasteiger partial charge < -0.3 is 10.4 Å². The third-order valence-electron chi connectivity index (χ3n) is 3.34. The van der Waals surface area contributed by atoms with Gasteiger partial charge in [0, 0.05) is 5.69 Å². The van der Waals surface area contributed by atoms with Crippen molar-refractivity contribution in [3.05, 3.63) is 29.8 Å². The van der Waals surface area contributed by atoms with E-state index in [9.17, 15) is 9.59 Å². The standard InChI is InChI=1S/C12H12N2O3/c15-10(16)8-2-1-3-9(6-8)14-7-12(4-5-12)13-11(14)17/h1-3,6H,4-5,7H2,(H,13,17)(H,15,16). The fraction of sp³-hybridized carbons (Fsp3) is 0.333.